The maximum atomic E-state index is 13.1. The number of nitrogens with zero attached hydrogens (tertiary/aromatic N) is 2. The Bertz CT molecular complexity index is 610. The zero-order valence-electron chi connectivity index (χ0n) is 11.8. The van der Waals surface area contributed by atoms with Gasteiger partial charge in [-0.3, -0.25) is 4.79 Å². The van der Waals surface area contributed by atoms with Crippen LogP contribution in [-0.2, 0) is 15.7 Å². The molecular formula is C14H14F3N3O2. The van der Waals surface area contributed by atoms with Gasteiger partial charge < -0.3 is 15.0 Å². The second-order valence-electron chi connectivity index (χ2n) is 4.76. The summed E-state index contributed by atoms with van der Waals surface area (Å²) in [6.45, 7) is 0.343. The maximum absolute atomic E-state index is 13.1. The van der Waals surface area contributed by atoms with E-state index in [4.69, 9.17) is 10.00 Å². The molecule has 0 saturated carbocycles. The highest BCUT2D eigenvalue weighted by Crippen LogP contribution is 2.37. The molecule has 22 heavy (non-hydrogen) atoms. The average Bonchev–Trinajstić information content (AvgIpc) is 2.52. The Balaban J connectivity index is 2.38. The lowest BCUT2D eigenvalue weighted by Gasteiger charge is -2.35. The lowest BCUT2D eigenvalue weighted by molar-refractivity contribution is -0.137. The molecule has 1 N–H and O–H groups in total. The second-order valence-corrected chi connectivity index (χ2v) is 4.76. The van der Waals surface area contributed by atoms with E-state index in [1.165, 1.54) is 18.0 Å². The molecule has 2 rings (SSSR count). The van der Waals surface area contributed by atoms with E-state index < -0.39 is 23.8 Å². The number of carbonyl (C=O) groups excluding carboxylic acids is 1. The van der Waals surface area contributed by atoms with Crippen LogP contribution in [0.1, 0.15) is 11.1 Å². The molecule has 1 aromatic carbocycles. The van der Waals surface area contributed by atoms with Gasteiger partial charge in [0, 0.05) is 13.6 Å². The Hall–Kier alpha value is -2.27. The fourth-order valence-electron chi connectivity index (χ4n) is 2.29. The molecule has 1 atom stereocenters. The van der Waals surface area contributed by atoms with Crippen molar-refractivity contribution in [3.05, 3.63) is 29.3 Å². The molecule has 0 aromatic heterocycles. The number of morpholine rings is 1. The molecule has 1 aliphatic rings. The molecular weight excluding hydrogens is 299 g/mol. The number of hydrogen-bond acceptors (Lipinski definition) is 4. The van der Waals surface area contributed by atoms with Gasteiger partial charge in [0.2, 0.25) is 0 Å². The standard InChI is InChI=1S/C14H14F3N3O2/c1-19-13(21)12-8-20(4-5-22-12)11-6-9(7-18)2-3-10(11)14(15,16)17/h2-3,6,12H,4-5,8H2,1H3,(H,19,21)/t12-/m1/s1. The van der Waals surface area contributed by atoms with Gasteiger partial charge in [0.05, 0.1) is 36.0 Å². The van der Waals surface area contributed by atoms with Gasteiger partial charge in [-0.2, -0.15) is 18.4 Å². The smallest absolute Gasteiger partial charge is 0.366 e. The minimum Gasteiger partial charge on any atom is -0.366 e. The SMILES string of the molecule is CNC(=O)[C@H]1CN(c2cc(C#N)ccc2C(F)(F)F)CCO1. The first kappa shape index (κ1) is 16.1. The van der Waals surface area contributed by atoms with Crippen LogP contribution >= 0.6 is 0 Å². The van der Waals surface area contributed by atoms with Crippen LogP contribution in [0.3, 0.4) is 0 Å². The van der Waals surface area contributed by atoms with Crippen molar-refractivity contribution >= 4 is 11.6 Å². The van der Waals surface area contributed by atoms with Gasteiger partial charge in [-0.05, 0) is 18.2 Å². The maximum Gasteiger partial charge on any atom is 0.418 e. The Morgan fingerprint density at radius 3 is 2.82 bits per heavy atom. The van der Waals surface area contributed by atoms with E-state index in [0.29, 0.717) is 0 Å². The summed E-state index contributed by atoms with van der Waals surface area (Å²) in [5.41, 5.74) is -0.807. The number of rotatable bonds is 2. The molecule has 0 aliphatic carbocycles. The van der Waals surface area contributed by atoms with Gasteiger partial charge in [-0.1, -0.05) is 0 Å². The minimum absolute atomic E-state index is 0.00235. The molecule has 118 valence electrons. The summed E-state index contributed by atoms with van der Waals surface area (Å²) in [5.74, 6) is -0.394. The van der Waals surface area contributed by atoms with Gasteiger partial charge in [-0.15, -0.1) is 0 Å². The fourth-order valence-corrected chi connectivity index (χ4v) is 2.29. The van der Waals surface area contributed by atoms with Crippen molar-refractivity contribution in [3.63, 3.8) is 0 Å². The van der Waals surface area contributed by atoms with Gasteiger partial charge in [0.15, 0.2) is 6.10 Å². The lowest BCUT2D eigenvalue weighted by Crippen LogP contribution is -2.49. The van der Waals surface area contributed by atoms with Crippen LogP contribution in [-0.4, -0.2) is 38.8 Å². The first-order chi connectivity index (χ1) is 10.4. The van der Waals surface area contributed by atoms with Crippen LogP contribution in [0.25, 0.3) is 0 Å². The predicted octanol–water partition coefficient (Wildman–Crippen LogP) is 1.53. The average molecular weight is 313 g/mol. The number of ether oxygens (including phenoxy) is 1. The Labute approximate surface area is 125 Å². The van der Waals surface area contributed by atoms with Crippen LogP contribution < -0.4 is 10.2 Å². The normalized spacial score (nSPS) is 18.7. The highest BCUT2D eigenvalue weighted by molar-refractivity contribution is 5.81. The first-order valence-corrected chi connectivity index (χ1v) is 6.56. The Morgan fingerprint density at radius 2 is 2.23 bits per heavy atom. The molecule has 1 aromatic rings. The number of likely N-dealkylation sites (N-methyl/N-ethyl adjacent to an activating group) is 1. The number of anilines is 1. The van der Waals surface area contributed by atoms with E-state index in [1.807, 2.05) is 6.07 Å². The van der Waals surface area contributed by atoms with E-state index in [9.17, 15) is 18.0 Å². The van der Waals surface area contributed by atoms with Crippen molar-refractivity contribution < 1.29 is 22.7 Å². The zero-order valence-corrected chi connectivity index (χ0v) is 11.8. The summed E-state index contributed by atoms with van der Waals surface area (Å²) >= 11 is 0. The number of alkyl halides is 3. The zero-order chi connectivity index (χ0) is 16.3. The van der Waals surface area contributed by atoms with E-state index in [-0.39, 0.29) is 30.9 Å². The summed E-state index contributed by atoms with van der Waals surface area (Å²) in [4.78, 5) is 13.0. The molecule has 5 nitrogen and oxygen atoms in total. The van der Waals surface area contributed by atoms with E-state index in [0.717, 1.165) is 12.1 Å². The van der Waals surface area contributed by atoms with Gasteiger partial charge >= 0.3 is 6.18 Å². The quantitative estimate of drug-likeness (QED) is 0.899. The fraction of sp³-hybridized carbons (Fsp3) is 0.429. The largest absolute Gasteiger partial charge is 0.418 e. The number of halogens is 3. The van der Waals surface area contributed by atoms with Crippen molar-refractivity contribution in [2.24, 2.45) is 0 Å². The topological polar surface area (TPSA) is 65.4 Å². The van der Waals surface area contributed by atoms with E-state index in [2.05, 4.69) is 5.32 Å². The van der Waals surface area contributed by atoms with E-state index >= 15 is 0 Å². The van der Waals surface area contributed by atoms with Crippen molar-refractivity contribution in [2.75, 3.05) is 31.6 Å². The number of nitriles is 1. The van der Waals surface area contributed by atoms with Crippen LogP contribution in [0.2, 0.25) is 0 Å². The van der Waals surface area contributed by atoms with Crippen molar-refractivity contribution in [3.8, 4) is 6.07 Å². The summed E-state index contributed by atoms with van der Waals surface area (Å²) in [7, 11) is 1.43. The molecule has 0 bridgehead atoms. The third-order valence-electron chi connectivity index (χ3n) is 3.38. The Morgan fingerprint density at radius 1 is 1.50 bits per heavy atom. The molecule has 1 heterocycles. The monoisotopic (exact) mass is 313 g/mol. The van der Waals surface area contributed by atoms with Crippen LogP contribution in [0.15, 0.2) is 18.2 Å². The van der Waals surface area contributed by atoms with E-state index in [1.54, 1.807) is 0 Å². The van der Waals surface area contributed by atoms with Gasteiger partial charge in [0.1, 0.15) is 0 Å². The van der Waals surface area contributed by atoms with Crippen molar-refractivity contribution in [1.82, 2.24) is 5.32 Å². The van der Waals surface area contributed by atoms with Crippen LogP contribution in [0.5, 0.6) is 0 Å². The molecule has 0 unspecified atom stereocenters. The molecule has 0 spiro atoms. The molecule has 0 radical (unpaired) electrons. The third kappa shape index (κ3) is 3.31. The van der Waals surface area contributed by atoms with Crippen molar-refractivity contribution in [2.45, 2.75) is 12.3 Å². The van der Waals surface area contributed by atoms with Gasteiger partial charge in [-0.25, -0.2) is 0 Å². The molecule has 8 heteroatoms. The lowest BCUT2D eigenvalue weighted by atomic mass is 10.1. The van der Waals surface area contributed by atoms with Crippen molar-refractivity contribution in [1.29, 1.82) is 5.26 Å². The second kappa shape index (κ2) is 6.23. The number of nitrogens with one attached hydrogen (secondary N) is 1. The highest BCUT2D eigenvalue weighted by Gasteiger charge is 2.36. The highest BCUT2D eigenvalue weighted by atomic mass is 19.4. The molecule has 1 amide bonds. The number of carbonyl (C=O) groups is 1. The minimum atomic E-state index is -4.54. The van der Waals surface area contributed by atoms with Crippen LogP contribution in [0.4, 0.5) is 18.9 Å². The first-order valence-electron chi connectivity index (χ1n) is 6.56. The number of hydrogen-bond donors (Lipinski definition) is 1. The molecule has 1 fully saturated rings. The number of amides is 1. The third-order valence-corrected chi connectivity index (χ3v) is 3.38. The Kier molecular flexibility index (Phi) is 4.56. The molecule has 1 aliphatic heterocycles. The summed E-state index contributed by atoms with van der Waals surface area (Å²) in [6.07, 6.45) is -5.38. The predicted molar refractivity (Wildman–Crippen MR) is 72.2 cm³/mol. The molecule has 1 saturated heterocycles. The summed E-state index contributed by atoms with van der Waals surface area (Å²) < 4.78 is 44.7. The number of benzene rings is 1. The van der Waals surface area contributed by atoms with Crippen LogP contribution in [0, 0.1) is 11.3 Å². The van der Waals surface area contributed by atoms with Gasteiger partial charge in [0.25, 0.3) is 5.91 Å². The summed E-state index contributed by atoms with van der Waals surface area (Å²) in [6, 6.07) is 5.03. The summed E-state index contributed by atoms with van der Waals surface area (Å²) in [5, 5.41) is 11.3.